The molecule has 0 unspecified atom stereocenters. The Bertz CT molecular complexity index is 569. The van der Waals surface area contributed by atoms with Crippen molar-refractivity contribution in [3.05, 3.63) is 65.2 Å². The van der Waals surface area contributed by atoms with Crippen LogP contribution in [0.5, 0.6) is 0 Å². The highest BCUT2D eigenvalue weighted by Crippen LogP contribution is 2.33. The molecule has 1 heteroatoms. The molecule has 106 valence electrons. The standard InChI is InChI=1S/C19H24S/c1-18(2,3)14-6-8-15(9-7-14)19(4,5)16-10-12-17(20)13-11-16/h6-13,20H,1-5H3. The fourth-order valence-corrected chi connectivity index (χ4v) is 2.58. The van der Waals surface area contributed by atoms with E-state index in [-0.39, 0.29) is 10.8 Å². The van der Waals surface area contributed by atoms with Crippen LogP contribution < -0.4 is 0 Å². The van der Waals surface area contributed by atoms with Crippen LogP contribution in [0.3, 0.4) is 0 Å². The predicted octanol–water partition coefficient (Wildman–Crippen LogP) is 5.60. The maximum atomic E-state index is 4.36. The lowest BCUT2D eigenvalue weighted by Crippen LogP contribution is -2.19. The van der Waals surface area contributed by atoms with Gasteiger partial charge in [0.1, 0.15) is 0 Å². The molecule has 2 aromatic carbocycles. The molecule has 0 aliphatic heterocycles. The highest BCUT2D eigenvalue weighted by molar-refractivity contribution is 7.80. The molecule has 0 fully saturated rings. The van der Waals surface area contributed by atoms with Gasteiger partial charge in [-0.15, -0.1) is 12.6 Å². The summed E-state index contributed by atoms with van der Waals surface area (Å²) in [6.07, 6.45) is 0. The largest absolute Gasteiger partial charge is 0.143 e. The summed E-state index contributed by atoms with van der Waals surface area (Å²) >= 11 is 4.36. The minimum atomic E-state index is 0.0118. The third-order valence-corrected chi connectivity index (χ3v) is 4.36. The molecule has 0 aliphatic carbocycles. The van der Waals surface area contributed by atoms with Crippen molar-refractivity contribution in [1.82, 2.24) is 0 Å². The van der Waals surface area contributed by atoms with Crippen molar-refractivity contribution in [2.75, 3.05) is 0 Å². The first-order valence-electron chi connectivity index (χ1n) is 7.12. The van der Waals surface area contributed by atoms with Crippen LogP contribution in [0.4, 0.5) is 0 Å². The number of hydrogen-bond acceptors (Lipinski definition) is 1. The Morgan fingerprint density at radius 1 is 0.600 bits per heavy atom. The average molecular weight is 284 g/mol. The minimum absolute atomic E-state index is 0.0118. The predicted molar refractivity (Wildman–Crippen MR) is 91.0 cm³/mol. The lowest BCUT2D eigenvalue weighted by Gasteiger charge is -2.27. The third kappa shape index (κ3) is 3.09. The molecule has 0 aliphatic rings. The van der Waals surface area contributed by atoms with Gasteiger partial charge in [0, 0.05) is 10.3 Å². The van der Waals surface area contributed by atoms with E-state index in [0.29, 0.717) is 0 Å². The summed E-state index contributed by atoms with van der Waals surface area (Å²) in [6, 6.07) is 17.5. The van der Waals surface area contributed by atoms with Crippen LogP contribution in [0.25, 0.3) is 0 Å². The van der Waals surface area contributed by atoms with Gasteiger partial charge in [-0.1, -0.05) is 71.0 Å². The lowest BCUT2D eigenvalue weighted by atomic mass is 9.77. The van der Waals surface area contributed by atoms with Crippen LogP contribution in [0.15, 0.2) is 53.4 Å². The summed E-state index contributed by atoms with van der Waals surface area (Å²) in [5.41, 5.74) is 4.26. The maximum Gasteiger partial charge on any atom is 0.0146 e. The minimum Gasteiger partial charge on any atom is -0.143 e. The normalized spacial score (nSPS) is 12.5. The summed E-state index contributed by atoms with van der Waals surface area (Å²) in [5, 5.41) is 0. The molecular weight excluding hydrogens is 260 g/mol. The Kier molecular flexibility index (Phi) is 4.02. The zero-order valence-corrected chi connectivity index (χ0v) is 14.0. The van der Waals surface area contributed by atoms with E-state index in [9.17, 15) is 0 Å². The zero-order valence-electron chi connectivity index (χ0n) is 13.1. The maximum absolute atomic E-state index is 4.36. The highest BCUT2D eigenvalue weighted by Gasteiger charge is 2.23. The van der Waals surface area contributed by atoms with E-state index in [1.807, 2.05) is 0 Å². The first kappa shape index (κ1) is 15.2. The summed E-state index contributed by atoms with van der Waals surface area (Å²) in [5.74, 6) is 0. The topological polar surface area (TPSA) is 0 Å². The second-order valence-corrected chi connectivity index (χ2v) is 7.52. The average Bonchev–Trinajstić information content (AvgIpc) is 2.38. The van der Waals surface area contributed by atoms with E-state index in [4.69, 9.17) is 0 Å². The molecule has 0 aromatic heterocycles. The van der Waals surface area contributed by atoms with Gasteiger partial charge in [0.15, 0.2) is 0 Å². The van der Waals surface area contributed by atoms with Gasteiger partial charge in [-0.2, -0.15) is 0 Å². The quantitative estimate of drug-likeness (QED) is 0.682. The first-order chi connectivity index (χ1) is 9.21. The van der Waals surface area contributed by atoms with Crippen LogP contribution in [0.1, 0.15) is 51.3 Å². The fraction of sp³-hybridized carbons (Fsp3) is 0.368. The molecule has 0 heterocycles. The van der Waals surface area contributed by atoms with Gasteiger partial charge >= 0.3 is 0 Å². The molecule has 0 amide bonds. The monoisotopic (exact) mass is 284 g/mol. The second kappa shape index (κ2) is 5.29. The van der Waals surface area contributed by atoms with Gasteiger partial charge in [-0.25, -0.2) is 0 Å². The molecule has 0 bridgehead atoms. The molecule has 0 nitrogen and oxygen atoms in total. The fourth-order valence-electron chi connectivity index (χ4n) is 2.43. The molecular formula is C19H24S. The molecule has 0 spiro atoms. The number of rotatable bonds is 2. The van der Waals surface area contributed by atoms with Crippen molar-refractivity contribution in [2.24, 2.45) is 0 Å². The molecule has 2 aromatic rings. The molecule has 0 saturated heterocycles. The van der Waals surface area contributed by atoms with E-state index in [1.54, 1.807) is 0 Å². The van der Waals surface area contributed by atoms with Gasteiger partial charge in [0.2, 0.25) is 0 Å². The van der Waals surface area contributed by atoms with E-state index < -0.39 is 0 Å². The molecule has 0 radical (unpaired) electrons. The van der Waals surface area contributed by atoms with Crippen molar-refractivity contribution in [3.8, 4) is 0 Å². The Morgan fingerprint density at radius 3 is 1.35 bits per heavy atom. The number of hydrogen-bond donors (Lipinski definition) is 1. The second-order valence-electron chi connectivity index (χ2n) is 7.00. The van der Waals surface area contributed by atoms with E-state index >= 15 is 0 Å². The Labute approximate surface area is 128 Å². The van der Waals surface area contributed by atoms with Crippen molar-refractivity contribution in [1.29, 1.82) is 0 Å². The van der Waals surface area contributed by atoms with Crippen LogP contribution >= 0.6 is 12.6 Å². The Balaban J connectivity index is 2.37. The zero-order chi connectivity index (χ0) is 15.0. The summed E-state index contributed by atoms with van der Waals surface area (Å²) in [7, 11) is 0. The van der Waals surface area contributed by atoms with Gasteiger partial charge < -0.3 is 0 Å². The number of thiol groups is 1. The lowest BCUT2D eigenvalue weighted by molar-refractivity contribution is 0.587. The molecule has 0 N–H and O–H groups in total. The van der Waals surface area contributed by atoms with E-state index in [2.05, 4.69) is 95.8 Å². The van der Waals surface area contributed by atoms with Crippen molar-refractivity contribution in [3.63, 3.8) is 0 Å². The summed E-state index contributed by atoms with van der Waals surface area (Å²) < 4.78 is 0. The third-order valence-electron chi connectivity index (χ3n) is 4.06. The molecule has 20 heavy (non-hydrogen) atoms. The van der Waals surface area contributed by atoms with Crippen LogP contribution in [0.2, 0.25) is 0 Å². The number of benzene rings is 2. The highest BCUT2D eigenvalue weighted by atomic mass is 32.1. The summed E-state index contributed by atoms with van der Waals surface area (Å²) in [4.78, 5) is 1.01. The van der Waals surface area contributed by atoms with Gasteiger partial charge in [0.25, 0.3) is 0 Å². The molecule has 0 saturated carbocycles. The van der Waals surface area contributed by atoms with Crippen molar-refractivity contribution < 1.29 is 0 Å². The summed E-state index contributed by atoms with van der Waals surface area (Å²) in [6.45, 7) is 11.3. The van der Waals surface area contributed by atoms with E-state index in [1.165, 1.54) is 16.7 Å². The SMILES string of the molecule is CC(C)(C)c1ccc(C(C)(C)c2ccc(S)cc2)cc1. The van der Waals surface area contributed by atoms with Gasteiger partial charge in [0.05, 0.1) is 0 Å². The van der Waals surface area contributed by atoms with Crippen LogP contribution in [-0.2, 0) is 10.8 Å². The van der Waals surface area contributed by atoms with Crippen LogP contribution in [0, 0.1) is 0 Å². The van der Waals surface area contributed by atoms with Crippen LogP contribution in [-0.4, -0.2) is 0 Å². The van der Waals surface area contributed by atoms with Crippen molar-refractivity contribution >= 4 is 12.6 Å². The van der Waals surface area contributed by atoms with Crippen molar-refractivity contribution in [2.45, 2.75) is 50.3 Å². The first-order valence-corrected chi connectivity index (χ1v) is 7.56. The molecule has 2 rings (SSSR count). The molecule has 0 atom stereocenters. The Hall–Kier alpha value is -1.21. The van der Waals surface area contributed by atoms with Gasteiger partial charge in [-0.3, -0.25) is 0 Å². The van der Waals surface area contributed by atoms with Gasteiger partial charge in [-0.05, 0) is 34.2 Å². The Morgan fingerprint density at radius 2 is 0.950 bits per heavy atom. The smallest absolute Gasteiger partial charge is 0.0146 e. The van der Waals surface area contributed by atoms with E-state index in [0.717, 1.165) is 4.90 Å².